The summed E-state index contributed by atoms with van der Waals surface area (Å²) in [6, 6.07) is 11.4. The standard InChI is InChI=1S/C22H23N3O4/c1-27-19-6-5-15(11-20(19)28-2)17-12-18-16(4-3-8-23-18)22(25-17)29-9-7-14-10-21(26)24-13-14/h3-6,8,11-12,14H,7,9-10,13H2,1-2H3,(H,24,26). The lowest BCUT2D eigenvalue weighted by Crippen LogP contribution is -2.14. The number of ether oxygens (including phenoxy) is 3. The molecule has 7 heteroatoms. The molecule has 1 aliphatic rings. The SMILES string of the molecule is COc1ccc(-c2cc3ncccc3c(OCCC3CNC(=O)C3)n2)cc1OC. The summed E-state index contributed by atoms with van der Waals surface area (Å²) in [4.78, 5) is 20.6. The monoisotopic (exact) mass is 393 g/mol. The predicted molar refractivity (Wildman–Crippen MR) is 109 cm³/mol. The number of rotatable bonds is 7. The van der Waals surface area contributed by atoms with Crippen LogP contribution in [0.2, 0.25) is 0 Å². The van der Waals surface area contributed by atoms with Gasteiger partial charge in [0.1, 0.15) is 0 Å². The zero-order chi connectivity index (χ0) is 20.2. The lowest BCUT2D eigenvalue weighted by atomic mass is 10.1. The predicted octanol–water partition coefficient (Wildman–Crippen LogP) is 3.22. The number of hydrogen-bond acceptors (Lipinski definition) is 6. The van der Waals surface area contributed by atoms with Crippen molar-refractivity contribution >= 4 is 16.8 Å². The summed E-state index contributed by atoms with van der Waals surface area (Å²) in [7, 11) is 3.21. The van der Waals surface area contributed by atoms with Crippen molar-refractivity contribution in [3.63, 3.8) is 0 Å². The van der Waals surface area contributed by atoms with Gasteiger partial charge in [0.25, 0.3) is 0 Å². The highest BCUT2D eigenvalue weighted by Gasteiger charge is 2.21. The molecule has 1 amide bonds. The van der Waals surface area contributed by atoms with Crippen LogP contribution >= 0.6 is 0 Å². The Hall–Kier alpha value is -3.35. The molecule has 3 heterocycles. The molecule has 1 aromatic carbocycles. The number of aromatic nitrogens is 2. The summed E-state index contributed by atoms with van der Waals surface area (Å²) >= 11 is 0. The highest BCUT2D eigenvalue weighted by Crippen LogP contribution is 2.34. The second-order valence-corrected chi connectivity index (χ2v) is 6.96. The molecule has 3 aromatic rings. The van der Waals surface area contributed by atoms with Crippen LogP contribution in [0.5, 0.6) is 17.4 Å². The van der Waals surface area contributed by atoms with E-state index in [2.05, 4.69) is 10.3 Å². The number of amides is 1. The Kier molecular flexibility index (Phi) is 5.46. The Balaban J connectivity index is 1.63. The molecule has 0 radical (unpaired) electrons. The fourth-order valence-electron chi connectivity index (χ4n) is 3.49. The van der Waals surface area contributed by atoms with Gasteiger partial charge in [0.2, 0.25) is 11.8 Å². The zero-order valence-corrected chi connectivity index (χ0v) is 16.5. The van der Waals surface area contributed by atoms with Gasteiger partial charge in [-0.15, -0.1) is 0 Å². The van der Waals surface area contributed by atoms with Gasteiger partial charge in [-0.2, -0.15) is 0 Å². The molecule has 1 unspecified atom stereocenters. The van der Waals surface area contributed by atoms with Crippen LogP contribution in [0.15, 0.2) is 42.6 Å². The number of pyridine rings is 2. The molecule has 1 fully saturated rings. The van der Waals surface area contributed by atoms with Gasteiger partial charge in [-0.3, -0.25) is 9.78 Å². The van der Waals surface area contributed by atoms with Crippen molar-refractivity contribution in [3.05, 3.63) is 42.6 Å². The van der Waals surface area contributed by atoms with Gasteiger partial charge < -0.3 is 19.5 Å². The van der Waals surface area contributed by atoms with E-state index in [1.165, 1.54) is 0 Å². The van der Waals surface area contributed by atoms with Crippen molar-refractivity contribution in [2.75, 3.05) is 27.4 Å². The van der Waals surface area contributed by atoms with Gasteiger partial charge in [0, 0.05) is 24.7 Å². The molecule has 7 nitrogen and oxygen atoms in total. The van der Waals surface area contributed by atoms with E-state index in [4.69, 9.17) is 19.2 Å². The topological polar surface area (TPSA) is 82.6 Å². The van der Waals surface area contributed by atoms with Crippen LogP contribution in [0.3, 0.4) is 0 Å². The summed E-state index contributed by atoms with van der Waals surface area (Å²) in [5.74, 6) is 2.25. The third-order valence-corrected chi connectivity index (χ3v) is 5.07. The minimum absolute atomic E-state index is 0.109. The van der Waals surface area contributed by atoms with Crippen molar-refractivity contribution < 1.29 is 19.0 Å². The smallest absolute Gasteiger partial charge is 0.223 e. The molecule has 150 valence electrons. The van der Waals surface area contributed by atoms with E-state index in [1.807, 2.05) is 36.4 Å². The number of carbonyl (C=O) groups excluding carboxylic acids is 1. The van der Waals surface area contributed by atoms with Gasteiger partial charge in [0.05, 0.1) is 37.4 Å². The molecule has 0 aliphatic carbocycles. The maximum absolute atomic E-state index is 11.4. The van der Waals surface area contributed by atoms with E-state index in [0.717, 1.165) is 28.6 Å². The quantitative estimate of drug-likeness (QED) is 0.664. The van der Waals surface area contributed by atoms with Crippen LogP contribution in [0.1, 0.15) is 12.8 Å². The first kappa shape index (κ1) is 19.0. The van der Waals surface area contributed by atoms with Crippen molar-refractivity contribution in [2.45, 2.75) is 12.8 Å². The van der Waals surface area contributed by atoms with Gasteiger partial charge in [-0.1, -0.05) is 0 Å². The number of hydrogen-bond donors (Lipinski definition) is 1. The Morgan fingerprint density at radius 1 is 1.14 bits per heavy atom. The molecule has 0 bridgehead atoms. The summed E-state index contributed by atoms with van der Waals surface area (Å²) in [6.45, 7) is 1.20. The Labute approximate surface area is 169 Å². The molecule has 1 atom stereocenters. The highest BCUT2D eigenvalue weighted by molar-refractivity contribution is 5.87. The lowest BCUT2D eigenvalue weighted by Gasteiger charge is -2.13. The summed E-state index contributed by atoms with van der Waals surface area (Å²) in [5.41, 5.74) is 2.43. The van der Waals surface area contributed by atoms with Crippen LogP contribution in [-0.2, 0) is 4.79 Å². The first-order chi connectivity index (χ1) is 14.2. The van der Waals surface area contributed by atoms with E-state index < -0.39 is 0 Å². The first-order valence-corrected chi connectivity index (χ1v) is 9.55. The van der Waals surface area contributed by atoms with E-state index in [0.29, 0.717) is 42.9 Å². The minimum atomic E-state index is 0.109. The summed E-state index contributed by atoms with van der Waals surface area (Å²) in [5, 5.41) is 3.72. The van der Waals surface area contributed by atoms with Crippen molar-refractivity contribution in [3.8, 4) is 28.6 Å². The van der Waals surface area contributed by atoms with Gasteiger partial charge in [0.15, 0.2) is 11.5 Å². The number of carbonyl (C=O) groups is 1. The normalized spacial score (nSPS) is 15.9. The summed E-state index contributed by atoms with van der Waals surface area (Å²) < 4.78 is 16.8. The van der Waals surface area contributed by atoms with E-state index in [-0.39, 0.29) is 5.91 Å². The highest BCUT2D eigenvalue weighted by atomic mass is 16.5. The average molecular weight is 393 g/mol. The lowest BCUT2D eigenvalue weighted by molar-refractivity contribution is -0.119. The van der Waals surface area contributed by atoms with Crippen molar-refractivity contribution in [2.24, 2.45) is 5.92 Å². The third kappa shape index (κ3) is 4.08. The van der Waals surface area contributed by atoms with E-state index in [1.54, 1.807) is 20.4 Å². The zero-order valence-electron chi connectivity index (χ0n) is 16.5. The number of nitrogens with zero attached hydrogens (tertiary/aromatic N) is 2. The van der Waals surface area contributed by atoms with Gasteiger partial charge >= 0.3 is 0 Å². The number of fused-ring (bicyclic) bond motifs is 1. The third-order valence-electron chi connectivity index (χ3n) is 5.07. The van der Waals surface area contributed by atoms with Crippen LogP contribution in [0.25, 0.3) is 22.2 Å². The number of benzene rings is 1. The number of nitrogens with one attached hydrogen (secondary N) is 1. The largest absolute Gasteiger partial charge is 0.493 e. The van der Waals surface area contributed by atoms with Crippen LogP contribution in [0.4, 0.5) is 0 Å². The Bertz CT molecular complexity index is 1040. The maximum atomic E-state index is 11.4. The average Bonchev–Trinajstić information content (AvgIpc) is 3.18. The molecule has 0 saturated carbocycles. The van der Waals surface area contributed by atoms with Crippen LogP contribution in [0, 0.1) is 5.92 Å². The van der Waals surface area contributed by atoms with Crippen LogP contribution < -0.4 is 19.5 Å². The summed E-state index contributed by atoms with van der Waals surface area (Å²) in [6.07, 6.45) is 3.11. The van der Waals surface area contributed by atoms with Crippen molar-refractivity contribution in [1.29, 1.82) is 0 Å². The van der Waals surface area contributed by atoms with Crippen LogP contribution in [-0.4, -0.2) is 43.2 Å². The van der Waals surface area contributed by atoms with Gasteiger partial charge in [-0.05, 0) is 48.7 Å². The molecule has 1 saturated heterocycles. The molecule has 2 aromatic heterocycles. The Morgan fingerprint density at radius 3 is 2.76 bits per heavy atom. The molecule has 29 heavy (non-hydrogen) atoms. The fourth-order valence-corrected chi connectivity index (χ4v) is 3.49. The fraction of sp³-hybridized carbons (Fsp3) is 0.318. The van der Waals surface area contributed by atoms with E-state index >= 15 is 0 Å². The molecular formula is C22H23N3O4. The molecule has 4 rings (SSSR count). The molecule has 1 aliphatic heterocycles. The molecular weight excluding hydrogens is 370 g/mol. The van der Waals surface area contributed by atoms with E-state index in [9.17, 15) is 4.79 Å². The molecule has 1 N–H and O–H groups in total. The first-order valence-electron chi connectivity index (χ1n) is 9.55. The maximum Gasteiger partial charge on any atom is 0.223 e. The minimum Gasteiger partial charge on any atom is -0.493 e. The van der Waals surface area contributed by atoms with Crippen molar-refractivity contribution in [1.82, 2.24) is 15.3 Å². The Morgan fingerprint density at radius 2 is 2.00 bits per heavy atom. The number of methoxy groups -OCH3 is 2. The second kappa shape index (κ2) is 8.34. The second-order valence-electron chi connectivity index (χ2n) is 6.96. The molecule has 0 spiro atoms. The van der Waals surface area contributed by atoms with Gasteiger partial charge in [-0.25, -0.2) is 4.98 Å².